The van der Waals surface area contributed by atoms with Gasteiger partial charge in [-0.3, -0.25) is 16.0 Å². The SMILES string of the molecule is CCn1ncnc1CC(NN)c1ccc(OC)cc1OC. The molecule has 1 heterocycles. The zero-order chi connectivity index (χ0) is 15.2. The number of ether oxygens (including phenoxy) is 2. The van der Waals surface area contributed by atoms with Crippen molar-refractivity contribution >= 4 is 0 Å². The van der Waals surface area contributed by atoms with Gasteiger partial charge in [0.1, 0.15) is 23.7 Å². The first-order valence-corrected chi connectivity index (χ1v) is 6.78. The first kappa shape index (κ1) is 15.3. The van der Waals surface area contributed by atoms with Gasteiger partial charge >= 0.3 is 0 Å². The van der Waals surface area contributed by atoms with Crippen LogP contribution in [0.5, 0.6) is 11.5 Å². The summed E-state index contributed by atoms with van der Waals surface area (Å²) in [5, 5.41) is 4.17. The second kappa shape index (κ2) is 7.05. The van der Waals surface area contributed by atoms with Crippen LogP contribution in [0.15, 0.2) is 24.5 Å². The zero-order valence-corrected chi connectivity index (χ0v) is 12.5. The highest BCUT2D eigenvalue weighted by Gasteiger charge is 2.18. The second-order valence-corrected chi connectivity index (χ2v) is 4.52. The zero-order valence-electron chi connectivity index (χ0n) is 12.5. The van der Waals surface area contributed by atoms with E-state index >= 15 is 0 Å². The van der Waals surface area contributed by atoms with Gasteiger partial charge in [0.05, 0.1) is 20.3 Å². The predicted octanol–water partition coefficient (Wildman–Crippen LogP) is 1.06. The molecule has 1 aromatic carbocycles. The van der Waals surface area contributed by atoms with Crippen molar-refractivity contribution < 1.29 is 9.47 Å². The van der Waals surface area contributed by atoms with E-state index in [2.05, 4.69) is 15.5 Å². The van der Waals surface area contributed by atoms with E-state index in [0.29, 0.717) is 6.42 Å². The fraction of sp³-hybridized carbons (Fsp3) is 0.429. The minimum absolute atomic E-state index is 0.125. The summed E-state index contributed by atoms with van der Waals surface area (Å²) in [6.45, 7) is 2.80. The highest BCUT2D eigenvalue weighted by Crippen LogP contribution is 2.30. The third-order valence-electron chi connectivity index (χ3n) is 3.40. The lowest BCUT2D eigenvalue weighted by molar-refractivity contribution is 0.383. The maximum Gasteiger partial charge on any atom is 0.138 e. The standard InChI is InChI=1S/C14H21N5O2/c1-4-19-14(16-9-17-19)8-12(18-15)11-6-5-10(20-2)7-13(11)21-3/h5-7,9,12,18H,4,8,15H2,1-3H3. The van der Waals surface area contributed by atoms with Crippen LogP contribution in [0.1, 0.15) is 24.4 Å². The molecule has 0 fully saturated rings. The van der Waals surface area contributed by atoms with Crippen molar-refractivity contribution in [2.24, 2.45) is 5.84 Å². The maximum absolute atomic E-state index is 5.71. The Morgan fingerprint density at radius 3 is 2.76 bits per heavy atom. The van der Waals surface area contributed by atoms with Crippen molar-refractivity contribution in [1.29, 1.82) is 0 Å². The molecule has 0 aliphatic heterocycles. The fourth-order valence-corrected chi connectivity index (χ4v) is 2.26. The minimum Gasteiger partial charge on any atom is -0.497 e. The van der Waals surface area contributed by atoms with E-state index in [-0.39, 0.29) is 6.04 Å². The molecule has 1 unspecified atom stereocenters. The number of hydrogen-bond acceptors (Lipinski definition) is 6. The monoisotopic (exact) mass is 291 g/mol. The Kier molecular flexibility index (Phi) is 5.13. The Morgan fingerprint density at radius 2 is 2.14 bits per heavy atom. The molecule has 0 spiro atoms. The topological polar surface area (TPSA) is 87.2 Å². The molecule has 0 bridgehead atoms. The Balaban J connectivity index is 2.29. The smallest absolute Gasteiger partial charge is 0.138 e. The summed E-state index contributed by atoms with van der Waals surface area (Å²) in [4.78, 5) is 4.28. The molecule has 1 atom stereocenters. The predicted molar refractivity (Wildman–Crippen MR) is 79.0 cm³/mol. The van der Waals surface area contributed by atoms with Gasteiger partial charge in [-0.2, -0.15) is 5.10 Å². The van der Waals surface area contributed by atoms with Crippen molar-refractivity contribution in [3.63, 3.8) is 0 Å². The van der Waals surface area contributed by atoms with Crippen molar-refractivity contribution in [2.75, 3.05) is 14.2 Å². The summed E-state index contributed by atoms with van der Waals surface area (Å²) in [5.41, 5.74) is 3.77. The average Bonchev–Trinajstić information content (AvgIpc) is 2.99. The van der Waals surface area contributed by atoms with E-state index in [1.807, 2.05) is 29.8 Å². The van der Waals surface area contributed by atoms with E-state index < -0.39 is 0 Å². The van der Waals surface area contributed by atoms with Gasteiger partial charge in [0.25, 0.3) is 0 Å². The Labute approximate surface area is 124 Å². The van der Waals surface area contributed by atoms with Crippen LogP contribution in [0.25, 0.3) is 0 Å². The Bertz CT molecular complexity index is 584. The third kappa shape index (κ3) is 3.32. The van der Waals surface area contributed by atoms with Crippen LogP contribution in [0.2, 0.25) is 0 Å². The number of methoxy groups -OCH3 is 2. The van der Waals surface area contributed by atoms with Crippen LogP contribution >= 0.6 is 0 Å². The molecule has 0 saturated carbocycles. The molecule has 7 nitrogen and oxygen atoms in total. The molecule has 0 amide bonds. The number of nitrogens with one attached hydrogen (secondary N) is 1. The summed E-state index contributed by atoms with van der Waals surface area (Å²) < 4.78 is 12.5. The summed E-state index contributed by atoms with van der Waals surface area (Å²) in [7, 11) is 3.25. The largest absolute Gasteiger partial charge is 0.497 e. The molecule has 1 aromatic heterocycles. The second-order valence-electron chi connectivity index (χ2n) is 4.52. The van der Waals surface area contributed by atoms with Gasteiger partial charge in [0.2, 0.25) is 0 Å². The van der Waals surface area contributed by atoms with Crippen molar-refractivity contribution in [3.8, 4) is 11.5 Å². The number of hydrazine groups is 1. The van der Waals surface area contributed by atoms with Gasteiger partial charge < -0.3 is 9.47 Å². The first-order valence-electron chi connectivity index (χ1n) is 6.78. The van der Waals surface area contributed by atoms with Crippen LogP contribution in [0.3, 0.4) is 0 Å². The molecule has 21 heavy (non-hydrogen) atoms. The average molecular weight is 291 g/mol. The number of hydrogen-bond donors (Lipinski definition) is 2. The lowest BCUT2D eigenvalue weighted by Gasteiger charge is -2.19. The van der Waals surface area contributed by atoms with Crippen LogP contribution in [0.4, 0.5) is 0 Å². The quantitative estimate of drug-likeness (QED) is 0.586. The summed E-state index contributed by atoms with van der Waals surface area (Å²) in [6.07, 6.45) is 2.17. The van der Waals surface area contributed by atoms with Crippen molar-refractivity contribution in [3.05, 3.63) is 35.9 Å². The molecule has 0 radical (unpaired) electrons. The molecular weight excluding hydrogens is 270 g/mol. The van der Waals surface area contributed by atoms with Gasteiger partial charge in [0, 0.05) is 24.6 Å². The van der Waals surface area contributed by atoms with E-state index in [0.717, 1.165) is 29.4 Å². The summed E-state index contributed by atoms with van der Waals surface area (Å²) in [6, 6.07) is 5.53. The van der Waals surface area contributed by atoms with Gasteiger partial charge in [-0.15, -0.1) is 0 Å². The van der Waals surface area contributed by atoms with Gasteiger partial charge in [-0.1, -0.05) is 6.07 Å². The van der Waals surface area contributed by atoms with Crippen LogP contribution in [-0.4, -0.2) is 29.0 Å². The molecule has 2 rings (SSSR count). The van der Waals surface area contributed by atoms with E-state index in [4.69, 9.17) is 15.3 Å². The lowest BCUT2D eigenvalue weighted by atomic mass is 10.0. The molecule has 3 N–H and O–H groups in total. The van der Waals surface area contributed by atoms with Crippen molar-refractivity contribution in [1.82, 2.24) is 20.2 Å². The number of benzene rings is 1. The van der Waals surface area contributed by atoms with Crippen LogP contribution in [-0.2, 0) is 13.0 Å². The highest BCUT2D eigenvalue weighted by atomic mass is 16.5. The van der Waals surface area contributed by atoms with Crippen molar-refractivity contribution in [2.45, 2.75) is 25.9 Å². The fourth-order valence-electron chi connectivity index (χ4n) is 2.26. The number of aromatic nitrogens is 3. The summed E-state index contributed by atoms with van der Waals surface area (Å²) in [5.74, 6) is 8.05. The third-order valence-corrected chi connectivity index (χ3v) is 3.40. The number of aryl methyl sites for hydroxylation is 1. The van der Waals surface area contributed by atoms with E-state index in [1.165, 1.54) is 0 Å². The first-order chi connectivity index (χ1) is 10.2. The van der Waals surface area contributed by atoms with Gasteiger partial charge in [-0.25, -0.2) is 4.98 Å². The molecule has 0 aliphatic rings. The Morgan fingerprint density at radius 1 is 1.33 bits per heavy atom. The maximum atomic E-state index is 5.71. The summed E-state index contributed by atoms with van der Waals surface area (Å²) >= 11 is 0. The van der Waals surface area contributed by atoms with E-state index in [9.17, 15) is 0 Å². The van der Waals surface area contributed by atoms with Gasteiger partial charge in [0.15, 0.2) is 0 Å². The highest BCUT2D eigenvalue weighted by molar-refractivity contribution is 5.42. The molecule has 114 valence electrons. The minimum atomic E-state index is -0.125. The Hall–Kier alpha value is -2.12. The van der Waals surface area contributed by atoms with Crippen LogP contribution in [0, 0.1) is 0 Å². The van der Waals surface area contributed by atoms with Crippen LogP contribution < -0.4 is 20.7 Å². The lowest BCUT2D eigenvalue weighted by Crippen LogP contribution is -2.30. The van der Waals surface area contributed by atoms with E-state index in [1.54, 1.807) is 20.5 Å². The molecule has 0 aliphatic carbocycles. The molecule has 2 aromatic rings. The number of nitrogens with zero attached hydrogens (tertiary/aromatic N) is 3. The number of rotatable bonds is 7. The molecular formula is C14H21N5O2. The molecule has 7 heteroatoms. The number of nitrogens with two attached hydrogens (primary N) is 1. The van der Waals surface area contributed by atoms with Gasteiger partial charge in [-0.05, 0) is 13.0 Å². The molecule has 0 saturated heterocycles. The normalized spacial score (nSPS) is 12.2.